The second-order valence-corrected chi connectivity index (χ2v) is 10.2. The Bertz CT molecular complexity index is 1110. The second kappa shape index (κ2) is 10.9. The van der Waals surface area contributed by atoms with E-state index >= 15 is 0 Å². The average molecular weight is 499 g/mol. The highest BCUT2D eigenvalue weighted by Gasteiger charge is 2.28. The number of anilines is 1. The number of benzene rings is 2. The van der Waals surface area contributed by atoms with Crippen molar-refractivity contribution in [2.75, 3.05) is 23.1 Å². The molecule has 3 aromatic rings. The first-order valence-electron chi connectivity index (χ1n) is 9.27. The van der Waals surface area contributed by atoms with Crippen LogP contribution >= 0.6 is 35.0 Å². The molecular weight excluding hydrogens is 479 g/mol. The van der Waals surface area contributed by atoms with Crippen LogP contribution in [0.15, 0.2) is 76.2 Å². The van der Waals surface area contributed by atoms with Crippen LogP contribution in [0.1, 0.15) is 5.76 Å². The van der Waals surface area contributed by atoms with Crippen LogP contribution in [0, 0.1) is 0 Å². The lowest BCUT2D eigenvalue weighted by atomic mass is 10.3. The third-order valence-corrected chi connectivity index (χ3v) is 7.50. The highest BCUT2D eigenvalue weighted by molar-refractivity contribution is 7.98. The van der Waals surface area contributed by atoms with Gasteiger partial charge in [0.15, 0.2) is 0 Å². The van der Waals surface area contributed by atoms with Gasteiger partial charge < -0.3 is 9.73 Å². The number of hydrogen-bond donors (Lipinski definition) is 1. The fraction of sp³-hybridized carbons (Fsp3) is 0.190. The standard InChI is InChI=1S/C21H20Cl2N2O4S2/c22-16-8-9-19(23)20(13-16)25(31(27,28)18-6-2-1-3-7-18)14-21(26)24-10-12-30-15-17-5-4-11-29-17/h1-9,11,13H,10,12,14-15H2,(H,24,26). The summed E-state index contributed by atoms with van der Waals surface area (Å²) in [6, 6.07) is 16.0. The zero-order valence-corrected chi connectivity index (χ0v) is 19.5. The third kappa shape index (κ3) is 6.43. The molecule has 0 unspecified atom stereocenters. The Kier molecular flexibility index (Phi) is 8.31. The Morgan fingerprint density at radius 1 is 1.06 bits per heavy atom. The van der Waals surface area contributed by atoms with Gasteiger partial charge in [-0.15, -0.1) is 0 Å². The molecule has 6 nitrogen and oxygen atoms in total. The number of halogens is 2. The van der Waals surface area contributed by atoms with E-state index in [4.69, 9.17) is 27.6 Å². The molecule has 3 rings (SSSR count). The number of hydrogen-bond acceptors (Lipinski definition) is 5. The average Bonchev–Trinajstić information content (AvgIpc) is 3.28. The smallest absolute Gasteiger partial charge is 0.264 e. The van der Waals surface area contributed by atoms with Crippen LogP contribution in [-0.2, 0) is 20.6 Å². The minimum absolute atomic E-state index is 0.0489. The quantitative estimate of drug-likeness (QED) is 0.404. The molecule has 1 N–H and O–H groups in total. The number of furan rings is 1. The highest BCUT2D eigenvalue weighted by atomic mass is 35.5. The molecule has 0 fully saturated rings. The Morgan fingerprint density at radius 3 is 2.55 bits per heavy atom. The van der Waals surface area contributed by atoms with Crippen molar-refractivity contribution in [1.29, 1.82) is 0 Å². The Morgan fingerprint density at radius 2 is 1.84 bits per heavy atom. The molecule has 0 spiro atoms. The summed E-state index contributed by atoms with van der Waals surface area (Å²) in [5.41, 5.74) is 0.139. The van der Waals surface area contributed by atoms with E-state index in [1.165, 1.54) is 24.3 Å². The Balaban J connectivity index is 1.71. The Hall–Kier alpha value is -2.13. The third-order valence-electron chi connectivity index (χ3n) is 4.19. The van der Waals surface area contributed by atoms with Gasteiger partial charge in [-0.1, -0.05) is 41.4 Å². The van der Waals surface area contributed by atoms with E-state index in [1.807, 2.05) is 12.1 Å². The number of thioether (sulfide) groups is 1. The van der Waals surface area contributed by atoms with Gasteiger partial charge in [0, 0.05) is 17.3 Å². The van der Waals surface area contributed by atoms with Gasteiger partial charge >= 0.3 is 0 Å². The van der Waals surface area contributed by atoms with Gasteiger partial charge in [-0.2, -0.15) is 11.8 Å². The van der Waals surface area contributed by atoms with E-state index in [9.17, 15) is 13.2 Å². The summed E-state index contributed by atoms with van der Waals surface area (Å²) in [7, 11) is -4.04. The van der Waals surface area contributed by atoms with Crippen LogP contribution < -0.4 is 9.62 Å². The van der Waals surface area contributed by atoms with Crippen molar-refractivity contribution in [3.63, 3.8) is 0 Å². The summed E-state index contributed by atoms with van der Waals surface area (Å²) >= 11 is 13.9. The summed E-state index contributed by atoms with van der Waals surface area (Å²) in [4.78, 5) is 12.6. The van der Waals surface area contributed by atoms with Gasteiger partial charge in [0.05, 0.1) is 27.6 Å². The number of nitrogens with one attached hydrogen (secondary N) is 1. The first-order chi connectivity index (χ1) is 14.9. The maximum atomic E-state index is 13.3. The van der Waals surface area contributed by atoms with E-state index < -0.39 is 22.5 Å². The van der Waals surface area contributed by atoms with Crippen molar-refractivity contribution in [2.45, 2.75) is 10.6 Å². The molecular formula is C21H20Cl2N2O4S2. The van der Waals surface area contributed by atoms with Crippen molar-refractivity contribution in [3.8, 4) is 0 Å². The molecule has 31 heavy (non-hydrogen) atoms. The molecule has 1 aromatic heterocycles. The minimum atomic E-state index is -4.04. The molecule has 0 radical (unpaired) electrons. The van der Waals surface area contributed by atoms with E-state index in [-0.39, 0.29) is 15.6 Å². The van der Waals surface area contributed by atoms with Gasteiger partial charge in [0.2, 0.25) is 5.91 Å². The lowest BCUT2D eigenvalue weighted by Gasteiger charge is -2.25. The lowest BCUT2D eigenvalue weighted by molar-refractivity contribution is -0.119. The molecule has 0 aliphatic heterocycles. The minimum Gasteiger partial charge on any atom is -0.468 e. The summed E-state index contributed by atoms with van der Waals surface area (Å²) in [5.74, 6) is 1.74. The fourth-order valence-electron chi connectivity index (χ4n) is 2.71. The van der Waals surface area contributed by atoms with Crippen LogP contribution in [0.4, 0.5) is 5.69 Å². The van der Waals surface area contributed by atoms with Crippen molar-refractivity contribution in [1.82, 2.24) is 5.32 Å². The van der Waals surface area contributed by atoms with Gasteiger partial charge in [-0.05, 0) is 42.5 Å². The predicted octanol–water partition coefficient (Wildman–Crippen LogP) is 4.83. The number of rotatable bonds is 10. The SMILES string of the molecule is O=C(CN(c1cc(Cl)ccc1Cl)S(=O)(=O)c1ccccc1)NCCSCc1ccco1. The maximum Gasteiger partial charge on any atom is 0.264 e. The van der Waals surface area contributed by atoms with Crippen LogP contribution in [-0.4, -0.2) is 33.2 Å². The zero-order chi connectivity index (χ0) is 22.3. The van der Waals surface area contributed by atoms with E-state index in [2.05, 4.69) is 5.32 Å². The molecule has 2 aromatic carbocycles. The number of carbonyl (C=O) groups is 1. The molecule has 1 amide bonds. The van der Waals surface area contributed by atoms with Gasteiger partial charge in [0.25, 0.3) is 10.0 Å². The Labute approximate surface area is 195 Å². The molecule has 0 saturated carbocycles. The molecule has 164 valence electrons. The number of sulfonamides is 1. The van der Waals surface area contributed by atoms with Gasteiger partial charge in [0.1, 0.15) is 12.3 Å². The van der Waals surface area contributed by atoms with E-state index in [1.54, 1.807) is 42.3 Å². The van der Waals surface area contributed by atoms with Crippen molar-refractivity contribution in [3.05, 3.63) is 82.7 Å². The molecule has 0 aliphatic carbocycles. The monoisotopic (exact) mass is 498 g/mol. The number of amides is 1. The highest BCUT2D eigenvalue weighted by Crippen LogP contribution is 2.32. The van der Waals surface area contributed by atoms with Crippen molar-refractivity contribution in [2.24, 2.45) is 0 Å². The largest absolute Gasteiger partial charge is 0.468 e. The molecule has 10 heteroatoms. The van der Waals surface area contributed by atoms with Crippen LogP contribution in [0.2, 0.25) is 10.0 Å². The topological polar surface area (TPSA) is 79.6 Å². The van der Waals surface area contributed by atoms with E-state index in [0.29, 0.717) is 23.1 Å². The summed E-state index contributed by atoms with van der Waals surface area (Å²) in [6.07, 6.45) is 1.61. The molecule has 0 saturated heterocycles. The summed E-state index contributed by atoms with van der Waals surface area (Å²) < 4.78 is 32.8. The first kappa shape index (κ1) is 23.5. The maximum absolute atomic E-state index is 13.3. The van der Waals surface area contributed by atoms with Crippen LogP contribution in [0.5, 0.6) is 0 Å². The molecule has 1 heterocycles. The van der Waals surface area contributed by atoms with Crippen molar-refractivity contribution >= 4 is 56.6 Å². The normalized spacial score (nSPS) is 11.3. The van der Waals surface area contributed by atoms with Gasteiger partial charge in [-0.25, -0.2) is 8.42 Å². The zero-order valence-electron chi connectivity index (χ0n) is 16.3. The van der Waals surface area contributed by atoms with E-state index in [0.717, 1.165) is 10.1 Å². The van der Waals surface area contributed by atoms with Crippen LogP contribution in [0.25, 0.3) is 0 Å². The molecule has 0 aliphatic rings. The van der Waals surface area contributed by atoms with Crippen LogP contribution in [0.3, 0.4) is 0 Å². The number of nitrogens with zero attached hydrogens (tertiary/aromatic N) is 1. The predicted molar refractivity (Wildman–Crippen MR) is 125 cm³/mol. The van der Waals surface area contributed by atoms with Crippen molar-refractivity contribution < 1.29 is 17.6 Å². The fourth-order valence-corrected chi connectivity index (χ4v) is 5.36. The molecule has 0 bridgehead atoms. The number of carbonyl (C=O) groups excluding carboxylic acids is 1. The molecule has 0 atom stereocenters. The first-order valence-corrected chi connectivity index (χ1v) is 12.6. The summed E-state index contributed by atoms with van der Waals surface area (Å²) in [6.45, 7) is -0.0488. The lowest BCUT2D eigenvalue weighted by Crippen LogP contribution is -2.41. The summed E-state index contributed by atoms with van der Waals surface area (Å²) in [5, 5.41) is 3.23. The van der Waals surface area contributed by atoms with Gasteiger partial charge in [-0.3, -0.25) is 9.10 Å². The second-order valence-electron chi connectivity index (χ2n) is 6.40.